The molecule has 1 aliphatic rings. The van der Waals surface area contributed by atoms with Crippen molar-refractivity contribution in [3.05, 3.63) is 60.4 Å². The van der Waals surface area contributed by atoms with E-state index in [2.05, 4.69) is 15.2 Å². The zero-order valence-corrected chi connectivity index (χ0v) is 15.2. The number of thiocarbonyl (C=S) groups is 1. The van der Waals surface area contributed by atoms with Crippen molar-refractivity contribution in [2.45, 2.75) is 5.60 Å². The molecule has 1 fully saturated rings. The summed E-state index contributed by atoms with van der Waals surface area (Å²) >= 11 is 5.79. The first kappa shape index (κ1) is 17.9. The number of hydrogen-bond donors (Lipinski definition) is 1. The lowest BCUT2D eigenvalue weighted by atomic mass is 9.96. The van der Waals surface area contributed by atoms with E-state index in [0.717, 1.165) is 37.7 Å². The SMILES string of the molecule is COC(CN1CCOCC1)(C(=S)Nc1ccccc1)c1ccccn1. The summed E-state index contributed by atoms with van der Waals surface area (Å²) in [6.07, 6.45) is 1.77. The number of methoxy groups -OCH3 is 1. The number of nitrogens with zero attached hydrogens (tertiary/aromatic N) is 2. The van der Waals surface area contributed by atoms with Crippen LogP contribution in [0.1, 0.15) is 5.69 Å². The Labute approximate surface area is 154 Å². The van der Waals surface area contributed by atoms with E-state index >= 15 is 0 Å². The molecule has 1 N–H and O–H groups in total. The van der Waals surface area contributed by atoms with E-state index in [1.54, 1.807) is 13.3 Å². The van der Waals surface area contributed by atoms with Crippen LogP contribution in [0, 0.1) is 0 Å². The van der Waals surface area contributed by atoms with Crippen molar-refractivity contribution < 1.29 is 9.47 Å². The quantitative estimate of drug-likeness (QED) is 0.802. The van der Waals surface area contributed by atoms with Crippen LogP contribution in [0.25, 0.3) is 0 Å². The van der Waals surface area contributed by atoms with Crippen LogP contribution < -0.4 is 5.32 Å². The van der Waals surface area contributed by atoms with Gasteiger partial charge in [-0.2, -0.15) is 0 Å². The second-order valence-electron chi connectivity index (χ2n) is 5.95. The van der Waals surface area contributed by atoms with Gasteiger partial charge in [-0.25, -0.2) is 0 Å². The fourth-order valence-corrected chi connectivity index (χ4v) is 3.33. The van der Waals surface area contributed by atoms with E-state index in [9.17, 15) is 0 Å². The molecule has 1 unspecified atom stereocenters. The largest absolute Gasteiger partial charge is 0.379 e. The number of hydrogen-bond acceptors (Lipinski definition) is 5. The molecule has 0 saturated carbocycles. The normalized spacial score (nSPS) is 17.6. The van der Waals surface area contributed by atoms with E-state index in [-0.39, 0.29) is 0 Å². The lowest BCUT2D eigenvalue weighted by molar-refractivity contribution is -0.0240. The predicted octanol–water partition coefficient (Wildman–Crippen LogP) is 2.70. The predicted molar refractivity (Wildman–Crippen MR) is 103 cm³/mol. The standard InChI is InChI=1S/C19H23N3O2S/c1-23-19(17-9-5-6-10-20-17,15-22-11-13-24-14-12-22)18(25)21-16-7-3-2-4-8-16/h2-10H,11-15H2,1H3,(H,21,25). The fourth-order valence-electron chi connectivity index (χ4n) is 2.96. The Balaban J connectivity index is 1.90. The monoisotopic (exact) mass is 357 g/mol. The maximum Gasteiger partial charge on any atom is 0.172 e. The number of para-hydroxylation sites is 1. The first-order chi connectivity index (χ1) is 12.2. The number of nitrogens with one attached hydrogen (secondary N) is 1. The molecule has 1 aromatic heterocycles. The molecule has 132 valence electrons. The second kappa shape index (κ2) is 8.49. The van der Waals surface area contributed by atoms with Crippen molar-refractivity contribution in [2.75, 3.05) is 45.3 Å². The van der Waals surface area contributed by atoms with Crippen LogP contribution in [0.4, 0.5) is 5.69 Å². The van der Waals surface area contributed by atoms with Crippen molar-refractivity contribution in [1.82, 2.24) is 9.88 Å². The Morgan fingerprint density at radius 3 is 2.56 bits per heavy atom. The van der Waals surface area contributed by atoms with Gasteiger partial charge >= 0.3 is 0 Å². The summed E-state index contributed by atoms with van der Waals surface area (Å²) in [6.45, 7) is 3.78. The molecule has 6 heteroatoms. The van der Waals surface area contributed by atoms with E-state index in [0.29, 0.717) is 11.5 Å². The highest BCUT2D eigenvalue weighted by Crippen LogP contribution is 2.28. The number of ether oxygens (including phenoxy) is 2. The summed E-state index contributed by atoms with van der Waals surface area (Å²) in [6, 6.07) is 15.7. The zero-order valence-electron chi connectivity index (χ0n) is 14.4. The highest BCUT2D eigenvalue weighted by Gasteiger charge is 2.40. The maximum atomic E-state index is 6.01. The van der Waals surface area contributed by atoms with Crippen LogP contribution >= 0.6 is 12.2 Å². The summed E-state index contributed by atoms with van der Waals surface area (Å²) < 4.78 is 11.5. The van der Waals surface area contributed by atoms with Gasteiger partial charge < -0.3 is 14.8 Å². The summed E-state index contributed by atoms with van der Waals surface area (Å²) in [4.78, 5) is 7.45. The van der Waals surface area contributed by atoms with Crippen LogP contribution in [-0.2, 0) is 15.1 Å². The van der Waals surface area contributed by atoms with Crippen LogP contribution in [0.2, 0.25) is 0 Å². The average Bonchev–Trinajstić information content (AvgIpc) is 2.68. The highest BCUT2D eigenvalue weighted by molar-refractivity contribution is 7.80. The van der Waals surface area contributed by atoms with Crippen LogP contribution in [0.5, 0.6) is 0 Å². The molecule has 3 rings (SSSR count). The summed E-state index contributed by atoms with van der Waals surface area (Å²) in [5, 5.41) is 3.33. The Bertz CT molecular complexity index is 678. The molecule has 0 amide bonds. The smallest absolute Gasteiger partial charge is 0.172 e. The second-order valence-corrected chi connectivity index (χ2v) is 6.36. The van der Waals surface area contributed by atoms with Crippen molar-refractivity contribution >= 4 is 22.9 Å². The van der Waals surface area contributed by atoms with Gasteiger partial charge in [0, 0.05) is 38.6 Å². The molecule has 5 nitrogen and oxygen atoms in total. The molecule has 0 spiro atoms. The minimum Gasteiger partial charge on any atom is -0.379 e. The molecular weight excluding hydrogens is 334 g/mol. The Morgan fingerprint density at radius 2 is 1.92 bits per heavy atom. The van der Waals surface area contributed by atoms with Gasteiger partial charge in [0.15, 0.2) is 5.60 Å². The number of anilines is 1. The van der Waals surface area contributed by atoms with Gasteiger partial charge in [0.2, 0.25) is 0 Å². The van der Waals surface area contributed by atoms with Crippen molar-refractivity contribution in [2.24, 2.45) is 0 Å². The zero-order chi connectivity index (χ0) is 17.5. The maximum absolute atomic E-state index is 6.01. The number of pyridine rings is 1. The lowest BCUT2D eigenvalue weighted by Gasteiger charge is -2.38. The minimum absolute atomic E-state index is 0.603. The van der Waals surface area contributed by atoms with Crippen molar-refractivity contribution in [1.29, 1.82) is 0 Å². The Morgan fingerprint density at radius 1 is 1.20 bits per heavy atom. The molecular formula is C19H23N3O2S. The number of aromatic nitrogens is 1. The molecule has 2 heterocycles. The first-order valence-corrected chi connectivity index (χ1v) is 8.79. The number of rotatable bonds is 6. The Hall–Kier alpha value is -1.86. The molecule has 0 radical (unpaired) electrons. The van der Waals surface area contributed by atoms with E-state index in [1.807, 2.05) is 48.5 Å². The molecule has 25 heavy (non-hydrogen) atoms. The molecule has 2 aromatic rings. The summed E-state index contributed by atoms with van der Waals surface area (Å²) in [5.74, 6) is 0. The molecule has 1 saturated heterocycles. The first-order valence-electron chi connectivity index (χ1n) is 8.38. The molecule has 1 atom stereocenters. The van der Waals surface area contributed by atoms with Crippen LogP contribution in [0.3, 0.4) is 0 Å². The average molecular weight is 357 g/mol. The third-order valence-electron chi connectivity index (χ3n) is 4.38. The fraction of sp³-hybridized carbons (Fsp3) is 0.368. The molecule has 1 aromatic carbocycles. The van der Waals surface area contributed by atoms with Gasteiger partial charge in [0.05, 0.1) is 18.9 Å². The van der Waals surface area contributed by atoms with Crippen LogP contribution in [0.15, 0.2) is 54.7 Å². The van der Waals surface area contributed by atoms with Gasteiger partial charge in [-0.1, -0.05) is 36.5 Å². The highest BCUT2D eigenvalue weighted by atomic mass is 32.1. The third-order valence-corrected chi connectivity index (χ3v) is 4.81. The number of benzene rings is 1. The summed E-state index contributed by atoms with van der Waals surface area (Å²) in [5.41, 5.74) is 0.924. The van der Waals surface area contributed by atoms with Crippen molar-refractivity contribution in [3.63, 3.8) is 0 Å². The molecule has 0 aliphatic carbocycles. The van der Waals surface area contributed by atoms with Gasteiger partial charge in [-0.05, 0) is 24.3 Å². The summed E-state index contributed by atoms with van der Waals surface area (Å²) in [7, 11) is 1.69. The van der Waals surface area contributed by atoms with Gasteiger partial charge in [0.1, 0.15) is 4.99 Å². The van der Waals surface area contributed by atoms with Crippen molar-refractivity contribution in [3.8, 4) is 0 Å². The lowest BCUT2D eigenvalue weighted by Crippen LogP contribution is -2.52. The van der Waals surface area contributed by atoms with E-state index in [4.69, 9.17) is 21.7 Å². The minimum atomic E-state index is -0.816. The topological polar surface area (TPSA) is 46.6 Å². The third kappa shape index (κ3) is 4.22. The van der Waals surface area contributed by atoms with Gasteiger partial charge in [0.25, 0.3) is 0 Å². The van der Waals surface area contributed by atoms with Crippen LogP contribution in [-0.4, -0.2) is 54.8 Å². The number of morpholine rings is 1. The van der Waals surface area contributed by atoms with E-state index < -0.39 is 5.60 Å². The Kier molecular flexibility index (Phi) is 6.09. The van der Waals surface area contributed by atoms with Gasteiger partial charge in [-0.15, -0.1) is 0 Å². The molecule has 0 bridgehead atoms. The molecule has 1 aliphatic heterocycles. The van der Waals surface area contributed by atoms with Gasteiger partial charge in [-0.3, -0.25) is 9.88 Å². The van der Waals surface area contributed by atoms with E-state index in [1.165, 1.54) is 0 Å².